The zero-order valence-corrected chi connectivity index (χ0v) is 9.50. The van der Waals surface area contributed by atoms with Crippen LogP contribution in [-0.4, -0.2) is 30.8 Å². The van der Waals surface area contributed by atoms with Crippen LogP contribution in [0, 0.1) is 5.82 Å². The molecule has 1 aromatic rings. The minimum atomic E-state index is -1.26. The number of carboxylic acid groups (broad SMARTS) is 1. The highest BCUT2D eigenvalue weighted by Crippen LogP contribution is 2.24. The highest BCUT2D eigenvalue weighted by Gasteiger charge is 2.16. The van der Waals surface area contributed by atoms with Crippen LogP contribution in [0.3, 0.4) is 0 Å². The number of nitrogens with two attached hydrogens (primary N) is 1. The van der Waals surface area contributed by atoms with Gasteiger partial charge in [0.25, 0.3) is 0 Å². The third kappa shape index (κ3) is 3.32. The molecule has 5 nitrogen and oxygen atoms in total. The van der Waals surface area contributed by atoms with E-state index in [1.165, 1.54) is 6.07 Å². The molecule has 0 aliphatic carbocycles. The smallest absolute Gasteiger partial charge is 0.340 e. The molecule has 94 valence electrons. The second-order valence-electron chi connectivity index (χ2n) is 3.31. The van der Waals surface area contributed by atoms with Crippen molar-refractivity contribution >= 4 is 17.3 Å². The lowest BCUT2D eigenvalue weighted by Gasteiger charge is -2.11. The molecule has 0 aliphatic heterocycles. The van der Waals surface area contributed by atoms with Crippen LogP contribution in [0.4, 0.5) is 15.8 Å². The number of carbonyl (C=O) groups is 1. The number of nitrogens with one attached hydrogen (secondary N) is 1. The number of nitrogen functional groups attached to an aromatic ring is 1. The third-order valence-corrected chi connectivity index (χ3v) is 2.17. The van der Waals surface area contributed by atoms with Gasteiger partial charge in [-0.1, -0.05) is 0 Å². The van der Waals surface area contributed by atoms with Gasteiger partial charge >= 0.3 is 5.97 Å². The SMILES string of the molecule is CCOCCNc1ccc(F)c(N)c1C(=O)O. The van der Waals surface area contributed by atoms with Crippen molar-refractivity contribution in [1.29, 1.82) is 0 Å². The second-order valence-corrected chi connectivity index (χ2v) is 3.31. The van der Waals surface area contributed by atoms with Crippen molar-refractivity contribution in [3.05, 3.63) is 23.5 Å². The van der Waals surface area contributed by atoms with Crippen LogP contribution in [0.5, 0.6) is 0 Å². The van der Waals surface area contributed by atoms with Gasteiger partial charge in [-0.3, -0.25) is 0 Å². The number of rotatable bonds is 6. The molecular formula is C11H15FN2O3. The summed E-state index contributed by atoms with van der Waals surface area (Å²) in [5.41, 5.74) is 5.06. The fourth-order valence-corrected chi connectivity index (χ4v) is 1.37. The van der Waals surface area contributed by atoms with Crippen LogP contribution in [0.2, 0.25) is 0 Å². The Balaban J connectivity index is 2.84. The quantitative estimate of drug-likeness (QED) is 0.520. The minimum absolute atomic E-state index is 0.249. The van der Waals surface area contributed by atoms with Crippen LogP contribution >= 0.6 is 0 Å². The van der Waals surface area contributed by atoms with Crippen LogP contribution in [0.25, 0.3) is 0 Å². The Labute approximate surface area is 98.4 Å². The van der Waals surface area contributed by atoms with Gasteiger partial charge in [-0.15, -0.1) is 0 Å². The highest BCUT2D eigenvalue weighted by molar-refractivity contribution is 6.00. The van der Waals surface area contributed by atoms with E-state index in [0.29, 0.717) is 19.8 Å². The van der Waals surface area contributed by atoms with E-state index in [1.807, 2.05) is 6.92 Å². The molecule has 0 radical (unpaired) electrons. The van der Waals surface area contributed by atoms with Gasteiger partial charge in [-0.25, -0.2) is 9.18 Å². The summed E-state index contributed by atoms with van der Waals surface area (Å²) in [7, 11) is 0. The van der Waals surface area contributed by atoms with E-state index < -0.39 is 11.8 Å². The number of aromatic carboxylic acids is 1. The summed E-state index contributed by atoms with van der Waals surface area (Å²) in [5, 5.41) is 11.8. The molecule has 0 bridgehead atoms. The fraction of sp³-hybridized carbons (Fsp3) is 0.364. The lowest BCUT2D eigenvalue weighted by atomic mass is 10.1. The molecule has 4 N–H and O–H groups in total. The number of ether oxygens (including phenoxy) is 1. The van der Waals surface area contributed by atoms with Crippen molar-refractivity contribution in [2.24, 2.45) is 0 Å². The van der Waals surface area contributed by atoms with Gasteiger partial charge in [0.2, 0.25) is 0 Å². The van der Waals surface area contributed by atoms with Crippen molar-refractivity contribution < 1.29 is 19.0 Å². The average molecular weight is 242 g/mol. The zero-order chi connectivity index (χ0) is 12.8. The molecule has 0 fully saturated rings. The van der Waals surface area contributed by atoms with E-state index in [9.17, 15) is 9.18 Å². The van der Waals surface area contributed by atoms with Crippen molar-refractivity contribution in [3.63, 3.8) is 0 Å². The van der Waals surface area contributed by atoms with E-state index in [1.54, 1.807) is 0 Å². The van der Waals surface area contributed by atoms with Crippen LogP contribution in [0.15, 0.2) is 12.1 Å². The zero-order valence-electron chi connectivity index (χ0n) is 9.50. The maximum Gasteiger partial charge on any atom is 0.340 e. The minimum Gasteiger partial charge on any atom is -0.478 e. The number of hydrogen-bond donors (Lipinski definition) is 3. The van der Waals surface area contributed by atoms with Crippen molar-refractivity contribution in [3.8, 4) is 0 Å². The molecule has 0 aliphatic rings. The number of halogens is 1. The number of carboxylic acids is 1. The third-order valence-electron chi connectivity index (χ3n) is 2.17. The normalized spacial score (nSPS) is 10.2. The summed E-state index contributed by atoms with van der Waals surface area (Å²) >= 11 is 0. The first-order valence-electron chi connectivity index (χ1n) is 5.20. The average Bonchev–Trinajstić information content (AvgIpc) is 2.28. The molecule has 17 heavy (non-hydrogen) atoms. The van der Waals surface area contributed by atoms with E-state index in [2.05, 4.69) is 5.32 Å². The van der Waals surface area contributed by atoms with E-state index >= 15 is 0 Å². The topological polar surface area (TPSA) is 84.6 Å². The van der Waals surface area contributed by atoms with Gasteiger partial charge in [0.1, 0.15) is 11.4 Å². The Morgan fingerprint density at radius 2 is 2.29 bits per heavy atom. The Hall–Kier alpha value is -1.82. The lowest BCUT2D eigenvalue weighted by molar-refractivity contribution is 0.0698. The predicted octanol–water partition coefficient (Wildman–Crippen LogP) is 1.55. The molecule has 0 spiro atoms. The standard InChI is InChI=1S/C11H15FN2O3/c1-2-17-6-5-14-8-4-3-7(12)10(13)9(8)11(15)16/h3-4,14H,2,5-6,13H2,1H3,(H,15,16). The van der Waals surface area contributed by atoms with Gasteiger partial charge in [0, 0.05) is 13.2 Å². The van der Waals surface area contributed by atoms with Crippen LogP contribution < -0.4 is 11.1 Å². The maximum absolute atomic E-state index is 13.1. The van der Waals surface area contributed by atoms with Gasteiger partial charge in [-0.05, 0) is 19.1 Å². The first kappa shape index (κ1) is 13.2. The van der Waals surface area contributed by atoms with E-state index in [0.717, 1.165) is 6.07 Å². The number of anilines is 2. The second kappa shape index (κ2) is 6.05. The molecule has 1 rings (SSSR count). The summed E-state index contributed by atoms with van der Waals surface area (Å²) in [6.45, 7) is 3.31. The highest BCUT2D eigenvalue weighted by atomic mass is 19.1. The van der Waals surface area contributed by atoms with Gasteiger partial charge in [0.15, 0.2) is 0 Å². The summed E-state index contributed by atoms with van der Waals surface area (Å²) in [4.78, 5) is 11.0. The molecular weight excluding hydrogens is 227 g/mol. The number of hydrogen-bond acceptors (Lipinski definition) is 4. The molecule has 0 aromatic heterocycles. The summed E-state index contributed by atoms with van der Waals surface area (Å²) in [6, 6.07) is 2.48. The molecule has 0 atom stereocenters. The Morgan fingerprint density at radius 1 is 1.59 bits per heavy atom. The van der Waals surface area contributed by atoms with Gasteiger partial charge in [0.05, 0.1) is 18.0 Å². The van der Waals surface area contributed by atoms with Crippen molar-refractivity contribution in [1.82, 2.24) is 0 Å². The summed E-state index contributed by atoms with van der Waals surface area (Å²) in [5.74, 6) is -2.00. The van der Waals surface area contributed by atoms with Gasteiger partial charge < -0.3 is 20.9 Å². The molecule has 0 heterocycles. The Bertz CT molecular complexity index is 410. The van der Waals surface area contributed by atoms with Crippen molar-refractivity contribution in [2.75, 3.05) is 30.8 Å². The lowest BCUT2D eigenvalue weighted by Crippen LogP contribution is -2.14. The first-order valence-corrected chi connectivity index (χ1v) is 5.20. The largest absolute Gasteiger partial charge is 0.478 e. The first-order chi connectivity index (χ1) is 8.07. The monoisotopic (exact) mass is 242 g/mol. The molecule has 0 unspecified atom stereocenters. The number of benzene rings is 1. The van der Waals surface area contributed by atoms with E-state index in [-0.39, 0.29) is 16.9 Å². The molecule has 6 heteroatoms. The van der Waals surface area contributed by atoms with E-state index in [4.69, 9.17) is 15.6 Å². The Kier molecular flexibility index (Phi) is 4.71. The molecule has 0 saturated heterocycles. The molecule has 0 saturated carbocycles. The van der Waals surface area contributed by atoms with Crippen LogP contribution in [-0.2, 0) is 4.74 Å². The fourth-order valence-electron chi connectivity index (χ4n) is 1.37. The predicted molar refractivity (Wildman–Crippen MR) is 62.8 cm³/mol. The van der Waals surface area contributed by atoms with Gasteiger partial charge in [-0.2, -0.15) is 0 Å². The summed E-state index contributed by atoms with van der Waals surface area (Å²) in [6.07, 6.45) is 0. The van der Waals surface area contributed by atoms with Crippen molar-refractivity contribution in [2.45, 2.75) is 6.92 Å². The molecule has 1 aromatic carbocycles. The van der Waals surface area contributed by atoms with Crippen LogP contribution in [0.1, 0.15) is 17.3 Å². The Morgan fingerprint density at radius 3 is 2.88 bits per heavy atom. The maximum atomic E-state index is 13.1. The molecule has 0 amide bonds. The summed E-state index contributed by atoms with van der Waals surface area (Å²) < 4.78 is 18.2.